The summed E-state index contributed by atoms with van der Waals surface area (Å²) in [6, 6.07) is 3.93. The van der Waals surface area contributed by atoms with Gasteiger partial charge < -0.3 is 4.57 Å². The van der Waals surface area contributed by atoms with Crippen molar-refractivity contribution in [3.8, 4) is 0 Å². The van der Waals surface area contributed by atoms with Gasteiger partial charge in [0.05, 0.1) is 0 Å². The minimum absolute atomic E-state index is 0.839. The molecule has 0 atom stereocenters. The highest BCUT2D eigenvalue weighted by molar-refractivity contribution is 5.20. The molecule has 0 N–H and O–H groups in total. The summed E-state index contributed by atoms with van der Waals surface area (Å²) in [7, 11) is 0. The molecule has 0 saturated carbocycles. The van der Waals surface area contributed by atoms with E-state index in [2.05, 4.69) is 18.2 Å². The Morgan fingerprint density at radius 2 is 2.17 bits per heavy atom. The molecule has 1 rings (SSSR count). The molecule has 0 aliphatic heterocycles. The van der Waals surface area contributed by atoms with E-state index in [-0.39, 0.29) is 0 Å². The van der Waals surface area contributed by atoms with Crippen LogP contribution in [0.5, 0.6) is 0 Å². The summed E-state index contributed by atoms with van der Waals surface area (Å²) < 4.78 is 1.86. The van der Waals surface area contributed by atoms with E-state index in [1.54, 1.807) is 6.20 Å². The Morgan fingerprint density at radius 1 is 1.42 bits per heavy atom. The van der Waals surface area contributed by atoms with E-state index >= 15 is 0 Å². The van der Waals surface area contributed by atoms with Gasteiger partial charge in [-0.1, -0.05) is 19.2 Å². The second kappa shape index (κ2) is 3.72. The van der Waals surface area contributed by atoms with Crippen molar-refractivity contribution in [1.82, 2.24) is 4.57 Å². The van der Waals surface area contributed by atoms with Crippen molar-refractivity contribution in [3.63, 3.8) is 0 Å². The summed E-state index contributed by atoms with van der Waals surface area (Å²) in [4.78, 5) is 4.07. The van der Waals surface area contributed by atoms with E-state index in [0.29, 0.717) is 0 Å². The molecule has 0 amide bonds. The Morgan fingerprint density at radius 3 is 2.75 bits per heavy atom. The van der Waals surface area contributed by atoms with E-state index in [1.165, 1.54) is 11.8 Å². The van der Waals surface area contributed by atoms with Crippen LogP contribution in [-0.2, 0) is 0 Å². The van der Waals surface area contributed by atoms with Crippen LogP contribution in [0.25, 0.3) is 6.20 Å². The molecular formula is C10H12N2. The summed E-state index contributed by atoms with van der Waals surface area (Å²) in [6.45, 7) is 9.25. The predicted octanol–water partition coefficient (Wildman–Crippen LogP) is 1.94. The molecule has 0 aliphatic carbocycles. The lowest BCUT2D eigenvalue weighted by Gasteiger charge is -2.00. The largest absolute Gasteiger partial charge is 0.309 e. The quantitative estimate of drug-likeness (QED) is 0.629. The van der Waals surface area contributed by atoms with Crippen molar-refractivity contribution < 1.29 is 0 Å². The monoisotopic (exact) mass is 160 g/mol. The molecule has 0 unspecified atom stereocenters. The molecule has 2 heteroatoms. The van der Waals surface area contributed by atoms with Crippen molar-refractivity contribution in [2.75, 3.05) is 0 Å². The molecule has 0 aliphatic rings. The highest BCUT2D eigenvalue weighted by Gasteiger charge is 1.87. The SMILES string of the molecule is C=C/N=c1/ccc(C)cn1C=C. The van der Waals surface area contributed by atoms with E-state index in [9.17, 15) is 0 Å². The van der Waals surface area contributed by atoms with Gasteiger partial charge in [0.1, 0.15) is 5.49 Å². The topological polar surface area (TPSA) is 17.3 Å². The van der Waals surface area contributed by atoms with Gasteiger partial charge in [0.25, 0.3) is 0 Å². The molecule has 1 heterocycles. The molecule has 0 aromatic carbocycles. The number of rotatable bonds is 2. The average molecular weight is 160 g/mol. The van der Waals surface area contributed by atoms with Gasteiger partial charge in [0.15, 0.2) is 0 Å². The number of hydrogen-bond acceptors (Lipinski definition) is 1. The molecule has 0 saturated heterocycles. The molecule has 62 valence electrons. The second-order valence-corrected chi connectivity index (χ2v) is 2.47. The third-order valence-electron chi connectivity index (χ3n) is 1.52. The molecule has 12 heavy (non-hydrogen) atoms. The van der Waals surface area contributed by atoms with Crippen LogP contribution in [0.1, 0.15) is 5.56 Å². The fourth-order valence-electron chi connectivity index (χ4n) is 0.970. The minimum atomic E-state index is 0.839. The lowest BCUT2D eigenvalue weighted by Crippen LogP contribution is -2.14. The fourth-order valence-corrected chi connectivity index (χ4v) is 0.970. The van der Waals surface area contributed by atoms with Crippen LogP contribution >= 0.6 is 0 Å². The molecule has 2 nitrogen and oxygen atoms in total. The van der Waals surface area contributed by atoms with Crippen LogP contribution in [0.3, 0.4) is 0 Å². The molecule has 0 bridgehead atoms. The van der Waals surface area contributed by atoms with Gasteiger partial charge in [-0.3, -0.25) is 0 Å². The number of aryl methyl sites for hydroxylation is 1. The van der Waals surface area contributed by atoms with Gasteiger partial charge in [0, 0.05) is 18.6 Å². The van der Waals surface area contributed by atoms with Crippen LogP contribution in [0.15, 0.2) is 42.7 Å². The van der Waals surface area contributed by atoms with Gasteiger partial charge in [-0.2, -0.15) is 0 Å². The zero-order valence-corrected chi connectivity index (χ0v) is 7.20. The fraction of sp³-hybridized carbons (Fsp3) is 0.100. The summed E-state index contributed by atoms with van der Waals surface area (Å²) >= 11 is 0. The van der Waals surface area contributed by atoms with E-state index < -0.39 is 0 Å². The van der Waals surface area contributed by atoms with Crippen molar-refractivity contribution >= 4 is 6.20 Å². The molecule has 1 aromatic rings. The van der Waals surface area contributed by atoms with Crippen LogP contribution in [-0.4, -0.2) is 4.57 Å². The molecule has 0 radical (unpaired) electrons. The van der Waals surface area contributed by atoms with Crippen molar-refractivity contribution in [3.05, 3.63) is 48.7 Å². The van der Waals surface area contributed by atoms with E-state index in [1.807, 2.05) is 29.8 Å². The van der Waals surface area contributed by atoms with Crippen LogP contribution in [0.2, 0.25) is 0 Å². The zero-order chi connectivity index (χ0) is 8.97. The maximum Gasteiger partial charge on any atom is 0.136 e. The van der Waals surface area contributed by atoms with E-state index in [4.69, 9.17) is 0 Å². The summed E-state index contributed by atoms with van der Waals surface area (Å²) in [5, 5.41) is 0. The van der Waals surface area contributed by atoms with Crippen molar-refractivity contribution in [1.29, 1.82) is 0 Å². The number of nitrogens with zero attached hydrogens (tertiary/aromatic N) is 2. The number of pyridine rings is 1. The number of hydrogen-bond donors (Lipinski definition) is 0. The smallest absolute Gasteiger partial charge is 0.136 e. The molecule has 0 spiro atoms. The zero-order valence-electron chi connectivity index (χ0n) is 7.20. The Kier molecular flexibility index (Phi) is 2.64. The first-order valence-corrected chi connectivity index (χ1v) is 3.74. The van der Waals surface area contributed by atoms with Crippen molar-refractivity contribution in [2.24, 2.45) is 4.99 Å². The Bertz CT molecular complexity index is 358. The minimum Gasteiger partial charge on any atom is -0.309 e. The maximum atomic E-state index is 4.07. The lowest BCUT2D eigenvalue weighted by atomic mass is 10.3. The summed E-state index contributed by atoms with van der Waals surface area (Å²) in [5.41, 5.74) is 2.02. The van der Waals surface area contributed by atoms with Gasteiger partial charge in [-0.05, 0) is 18.6 Å². The third-order valence-corrected chi connectivity index (χ3v) is 1.52. The second-order valence-electron chi connectivity index (χ2n) is 2.47. The lowest BCUT2D eigenvalue weighted by molar-refractivity contribution is 0.994. The standard InChI is InChI=1S/C10H12N2/c1-4-11-10-7-6-9(3)8-12(10)5-2/h4-8H,1-2H2,3H3/b11-10-. The Labute approximate surface area is 72.2 Å². The van der Waals surface area contributed by atoms with Gasteiger partial charge in [-0.25, -0.2) is 4.99 Å². The van der Waals surface area contributed by atoms with Gasteiger partial charge in [-0.15, -0.1) is 0 Å². The first kappa shape index (κ1) is 8.53. The van der Waals surface area contributed by atoms with Crippen LogP contribution in [0.4, 0.5) is 0 Å². The first-order chi connectivity index (χ1) is 5.77. The highest BCUT2D eigenvalue weighted by Crippen LogP contribution is 1.91. The summed E-state index contributed by atoms with van der Waals surface area (Å²) in [6.07, 6.45) is 5.20. The molecule has 1 aromatic heterocycles. The van der Waals surface area contributed by atoms with E-state index in [0.717, 1.165) is 5.49 Å². The van der Waals surface area contributed by atoms with Crippen LogP contribution in [0, 0.1) is 6.92 Å². The number of aromatic nitrogens is 1. The molecular weight excluding hydrogens is 148 g/mol. The highest BCUT2D eigenvalue weighted by atomic mass is 15.0. The Hall–Kier alpha value is -1.57. The van der Waals surface area contributed by atoms with Crippen LogP contribution < -0.4 is 5.49 Å². The van der Waals surface area contributed by atoms with Gasteiger partial charge in [0.2, 0.25) is 0 Å². The van der Waals surface area contributed by atoms with Gasteiger partial charge >= 0.3 is 0 Å². The summed E-state index contributed by atoms with van der Waals surface area (Å²) in [5.74, 6) is 0. The third kappa shape index (κ3) is 1.72. The molecule has 0 fully saturated rings. The normalized spacial score (nSPS) is 11.2. The Balaban J connectivity index is 3.39. The average Bonchev–Trinajstić information content (AvgIpc) is 2.08. The first-order valence-electron chi connectivity index (χ1n) is 3.74. The predicted molar refractivity (Wildman–Crippen MR) is 51.3 cm³/mol. The van der Waals surface area contributed by atoms with Crippen molar-refractivity contribution in [2.45, 2.75) is 6.92 Å². The maximum absolute atomic E-state index is 4.07.